The van der Waals surface area contributed by atoms with Crippen molar-refractivity contribution < 1.29 is 9.22 Å². The third kappa shape index (κ3) is 4.89. The van der Waals surface area contributed by atoms with Gasteiger partial charge in [0.2, 0.25) is 0 Å². The Morgan fingerprint density at radius 2 is 1.94 bits per heavy atom. The van der Waals surface area contributed by atoms with E-state index in [4.69, 9.17) is 10.2 Å². The zero-order valence-corrected chi connectivity index (χ0v) is 13.1. The summed E-state index contributed by atoms with van der Waals surface area (Å²) in [6.07, 6.45) is 2.69. The fourth-order valence-corrected chi connectivity index (χ4v) is 2.29. The van der Waals surface area contributed by atoms with E-state index in [-0.39, 0.29) is 11.0 Å². The Balaban J connectivity index is 4.33. The summed E-state index contributed by atoms with van der Waals surface area (Å²) >= 11 is 1.69. The zero-order chi connectivity index (χ0) is 13.0. The number of thioether (sulfide) groups is 1. The predicted octanol–water partition coefficient (Wildman–Crippen LogP) is 2.62. The summed E-state index contributed by atoms with van der Waals surface area (Å²) in [5, 5.41) is 0.0435. The van der Waals surface area contributed by atoms with Crippen LogP contribution in [0.3, 0.4) is 0 Å². The maximum Gasteiger partial charge on any atom is 0.309 e. The highest BCUT2D eigenvalue weighted by molar-refractivity contribution is 7.98. The molecule has 0 bridgehead atoms. The van der Waals surface area contributed by atoms with E-state index in [9.17, 15) is 4.79 Å². The van der Waals surface area contributed by atoms with Crippen molar-refractivity contribution in [2.45, 2.75) is 51.4 Å². The van der Waals surface area contributed by atoms with Crippen molar-refractivity contribution in [3.8, 4) is 0 Å². The minimum atomic E-state index is -2.01. The van der Waals surface area contributed by atoms with Crippen LogP contribution in [0.15, 0.2) is 0 Å². The first-order valence-electron chi connectivity index (χ1n) is 5.59. The van der Waals surface area contributed by atoms with Crippen LogP contribution in [0.5, 0.6) is 0 Å². The standard InChI is InChI=1S/C11H25NO2SSi/c1-11(2,3)16(5,6)14-10(13)9(12)7-8-15-4/h9H,7-8,12H2,1-6H3. The molecule has 2 N–H and O–H groups in total. The molecule has 5 heteroatoms. The molecule has 0 aliphatic heterocycles. The molecule has 0 aliphatic rings. The fraction of sp³-hybridized carbons (Fsp3) is 0.909. The monoisotopic (exact) mass is 263 g/mol. The van der Waals surface area contributed by atoms with E-state index >= 15 is 0 Å². The summed E-state index contributed by atoms with van der Waals surface area (Å²) in [5.41, 5.74) is 5.79. The van der Waals surface area contributed by atoms with E-state index in [1.54, 1.807) is 11.8 Å². The molecule has 0 fully saturated rings. The van der Waals surface area contributed by atoms with Crippen molar-refractivity contribution in [1.82, 2.24) is 0 Å². The highest BCUT2D eigenvalue weighted by Crippen LogP contribution is 2.36. The third-order valence-corrected chi connectivity index (χ3v) is 8.07. The molecular formula is C11H25NO2SSi. The van der Waals surface area contributed by atoms with Gasteiger partial charge < -0.3 is 10.2 Å². The van der Waals surface area contributed by atoms with Crippen LogP contribution in [-0.4, -0.2) is 32.3 Å². The molecule has 0 aromatic rings. The van der Waals surface area contributed by atoms with E-state index in [1.807, 2.05) is 6.26 Å². The van der Waals surface area contributed by atoms with Crippen molar-refractivity contribution in [3.05, 3.63) is 0 Å². The van der Waals surface area contributed by atoms with Crippen LogP contribution in [0.1, 0.15) is 27.2 Å². The number of hydrogen-bond acceptors (Lipinski definition) is 4. The third-order valence-electron chi connectivity index (χ3n) is 3.10. The maximum absolute atomic E-state index is 11.8. The van der Waals surface area contributed by atoms with E-state index in [2.05, 4.69) is 33.9 Å². The quantitative estimate of drug-likeness (QED) is 0.775. The number of hydrogen-bond donors (Lipinski definition) is 1. The molecule has 0 aromatic carbocycles. The van der Waals surface area contributed by atoms with Crippen molar-refractivity contribution in [2.75, 3.05) is 12.0 Å². The normalized spacial score (nSPS) is 14.7. The summed E-state index contributed by atoms with van der Waals surface area (Å²) in [7, 11) is -2.01. The fourth-order valence-electron chi connectivity index (χ4n) is 0.843. The van der Waals surface area contributed by atoms with Gasteiger partial charge in [-0.2, -0.15) is 11.8 Å². The van der Waals surface area contributed by atoms with E-state index in [1.165, 1.54) is 0 Å². The molecule has 0 spiro atoms. The summed E-state index contributed by atoms with van der Waals surface area (Å²) in [4.78, 5) is 11.8. The summed E-state index contributed by atoms with van der Waals surface area (Å²) < 4.78 is 5.63. The molecule has 1 unspecified atom stereocenters. The first kappa shape index (κ1) is 16.0. The number of carbonyl (C=O) groups is 1. The van der Waals surface area contributed by atoms with Gasteiger partial charge in [-0.05, 0) is 36.6 Å². The topological polar surface area (TPSA) is 52.3 Å². The Bertz CT molecular complexity index is 239. The minimum absolute atomic E-state index is 0.0435. The average Bonchev–Trinajstić information content (AvgIpc) is 2.11. The molecule has 96 valence electrons. The van der Waals surface area contributed by atoms with E-state index < -0.39 is 14.4 Å². The summed E-state index contributed by atoms with van der Waals surface area (Å²) in [6.45, 7) is 10.5. The van der Waals surface area contributed by atoms with Crippen molar-refractivity contribution in [2.24, 2.45) is 5.73 Å². The van der Waals surface area contributed by atoms with Gasteiger partial charge in [-0.3, -0.25) is 4.79 Å². The molecule has 0 amide bonds. The largest absolute Gasteiger partial charge is 0.518 e. The molecule has 0 aromatic heterocycles. The van der Waals surface area contributed by atoms with Gasteiger partial charge in [-0.1, -0.05) is 20.8 Å². The van der Waals surface area contributed by atoms with Crippen molar-refractivity contribution >= 4 is 26.0 Å². The van der Waals surface area contributed by atoms with Crippen LogP contribution in [-0.2, 0) is 9.22 Å². The molecule has 0 saturated carbocycles. The molecule has 0 saturated heterocycles. The molecule has 3 nitrogen and oxygen atoms in total. The lowest BCUT2D eigenvalue weighted by molar-refractivity contribution is -0.137. The van der Waals surface area contributed by atoms with Gasteiger partial charge in [0, 0.05) is 0 Å². The first-order valence-corrected chi connectivity index (χ1v) is 9.89. The zero-order valence-electron chi connectivity index (χ0n) is 11.3. The average molecular weight is 263 g/mol. The molecule has 0 aliphatic carbocycles. The lowest BCUT2D eigenvalue weighted by Gasteiger charge is -2.36. The molecule has 1 atom stereocenters. The highest BCUT2D eigenvalue weighted by atomic mass is 32.2. The van der Waals surface area contributed by atoms with Gasteiger partial charge >= 0.3 is 5.97 Å². The van der Waals surface area contributed by atoms with Gasteiger partial charge in [0.05, 0.1) is 0 Å². The van der Waals surface area contributed by atoms with Crippen LogP contribution in [0.4, 0.5) is 0 Å². The van der Waals surface area contributed by atoms with Crippen LogP contribution in [0.25, 0.3) is 0 Å². The second kappa shape index (κ2) is 6.07. The second-order valence-corrected chi connectivity index (χ2v) is 11.3. The van der Waals surface area contributed by atoms with Gasteiger partial charge in [0.15, 0.2) is 0 Å². The summed E-state index contributed by atoms with van der Waals surface area (Å²) in [5.74, 6) is 0.661. The molecular weight excluding hydrogens is 238 g/mol. The highest BCUT2D eigenvalue weighted by Gasteiger charge is 2.41. The smallest absolute Gasteiger partial charge is 0.309 e. The number of nitrogens with two attached hydrogens (primary N) is 1. The van der Waals surface area contributed by atoms with Crippen LogP contribution in [0.2, 0.25) is 18.1 Å². The molecule has 16 heavy (non-hydrogen) atoms. The Hall–Kier alpha value is -0.00312. The Labute approximate surface area is 105 Å². The Morgan fingerprint density at radius 3 is 2.31 bits per heavy atom. The number of rotatable bonds is 5. The van der Waals surface area contributed by atoms with Crippen molar-refractivity contribution in [3.63, 3.8) is 0 Å². The second-order valence-electron chi connectivity index (χ2n) is 5.57. The summed E-state index contributed by atoms with van der Waals surface area (Å²) in [6, 6.07) is -0.471. The Kier molecular flexibility index (Phi) is 6.07. The van der Waals surface area contributed by atoms with Gasteiger partial charge in [0.1, 0.15) is 6.04 Å². The molecule has 0 rings (SSSR count). The minimum Gasteiger partial charge on any atom is -0.518 e. The van der Waals surface area contributed by atoms with Gasteiger partial charge in [-0.25, -0.2) is 0 Å². The van der Waals surface area contributed by atoms with E-state index in [0.29, 0.717) is 6.42 Å². The molecule has 0 heterocycles. The lowest BCUT2D eigenvalue weighted by Crippen LogP contribution is -2.47. The van der Waals surface area contributed by atoms with E-state index in [0.717, 1.165) is 5.75 Å². The number of carbonyl (C=O) groups excluding carboxylic acids is 1. The van der Waals surface area contributed by atoms with Gasteiger partial charge in [0.25, 0.3) is 8.32 Å². The van der Waals surface area contributed by atoms with Gasteiger partial charge in [-0.15, -0.1) is 0 Å². The SMILES string of the molecule is CSCCC(N)C(=O)O[Si](C)(C)C(C)(C)C. The van der Waals surface area contributed by atoms with Crippen molar-refractivity contribution in [1.29, 1.82) is 0 Å². The van der Waals surface area contributed by atoms with Crippen LogP contribution < -0.4 is 5.73 Å². The van der Waals surface area contributed by atoms with Crippen LogP contribution >= 0.6 is 11.8 Å². The Morgan fingerprint density at radius 1 is 1.44 bits per heavy atom. The first-order chi connectivity index (χ1) is 7.12. The predicted molar refractivity (Wildman–Crippen MR) is 74.3 cm³/mol. The molecule has 0 radical (unpaired) electrons. The van der Waals surface area contributed by atoms with Crippen LogP contribution in [0, 0.1) is 0 Å². The lowest BCUT2D eigenvalue weighted by atomic mass is 10.2. The maximum atomic E-state index is 11.8.